The van der Waals surface area contributed by atoms with Gasteiger partial charge in [-0.3, -0.25) is 9.59 Å². The molecule has 0 fully saturated rings. The fraction of sp³-hybridized carbons (Fsp3) is 0.375. The van der Waals surface area contributed by atoms with Crippen LogP contribution in [0.5, 0.6) is 0 Å². The molecule has 2 N–H and O–H groups in total. The number of hydrogen-bond acceptors (Lipinski definition) is 4. The Labute approximate surface area is 74.9 Å². The molecule has 0 spiro atoms. The van der Waals surface area contributed by atoms with Crippen molar-refractivity contribution < 1.29 is 14.0 Å². The highest BCUT2D eigenvalue weighted by Gasteiger charge is 2.25. The van der Waals surface area contributed by atoms with E-state index in [1.54, 1.807) is 6.92 Å². The minimum absolute atomic E-state index is 0.144. The Morgan fingerprint density at radius 2 is 2.38 bits per heavy atom. The first kappa shape index (κ1) is 9.44. The molecule has 1 amide bonds. The monoisotopic (exact) mass is 182 g/mol. The number of amides is 1. The molecule has 0 aromatic carbocycles. The first-order valence-corrected chi connectivity index (χ1v) is 3.88. The van der Waals surface area contributed by atoms with Crippen molar-refractivity contribution in [3.63, 3.8) is 0 Å². The SMILES string of the molecule is CCC(C(N)=O)C(=O)c1cocn1. The molecule has 1 aromatic rings. The van der Waals surface area contributed by atoms with Crippen LogP contribution >= 0.6 is 0 Å². The Kier molecular flexibility index (Phi) is 2.79. The summed E-state index contributed by atoms with van der Waals surface area (Å²) in [4.78, 5) is 25.9. The highest BCUT2D eigenvalue weighted by atomic mass is 16.3. The number of carbonyl (C=O) groups excluding carboxylic acids is 2. The smallest absolute Gasteiger partial charge is 0.228 e. The molecule has 70 valence electrons. The van der Waals surface area contributed by atoms with Crippen LogP contribution in [0.15, 0.2) is 17.1 Å². The van der Waals surface area contributed by atoms with Gasteiger partial charge < -0.3 is 10.2 Å². The van der Waals surface area contributed by atoms with Crippen molar-refractivity contribution in [2.75, 3.05) is 0 Å². The normalized spacial score (nSPS) is 12.4. The van der Waals surface area contributed by atoms with Crippen molar-refractivity contribution in [2.24, 2.45) is 11.7 Å². The molecule has 1 aromatic heterocycles. The first-order chi connectivity index (χ1) is 6.16. The van der Waals surface area contributed by atoms with Crippen LogP contribution < -0.4 is 5.73 Å². The Morgan fingerprint density at radius 1 is 1.69 bits per heavy atom. The number of hydrogen-bond donors (Lipinski definition) is 1. The maximum absolute atomic E-state index is 11.5. The number of nitrogens with two attached hydrogens (primary N) is 1. The van der Waals surface area contributed by atoms with Crippen LogP contribution in [0.1, 0.15) is 23.8 Å². The zero-order valence-corrected chi connectivity index (χ0v) is 7.19. The summed E-state index contributed by atoms with van der Waals surface area (Å²) in [6.45, 7) is 1.72. The topological polar surface area (TPSA) is 86.2 Å². The lowest BCUT2D eigenvalue weighted by Crippen LogP contribution is -2.30. The second kappa shape index (κ2) is 3.84. The molecule has 0 aliphatic heterocycles. The number of nitrogens with zero attached hydrogens (tertiary/aromatic N) is 1. The van der Waals surface area contributed by atoms with E-state index >= 15 is 0 Å². The average molecular weight is 182 g/mol. The van der Waals surface area contributed by atoms with Crippen molar-refractivity contribution in [3.8, 4) is 0 Å². The summed E-state index contributed by atoms with van der Waals surface area (Å²) in [7, 11) is 0. The van der Waals surface area contributed by atoms with Gasteiger partial charge in [-0.25, -0.2) is 4.98 Å². The maximum Gasteiger partial charge on any atom is 0.228 e. The van der Waals surface area contributed by atoms with Crippen LogP contribution in [0.4, 0.5) is 0 Å². The van der Waals surface area contributed by atoms with Crippen LogP contribution in [-0.4, -0.2) is 16.7 Å². The lowest BCUT2D eigenvalue weighted by molar-refractivity contribution is -0.120. The quantitative estimate of drug-likeness (QED) is 0.538. The Hall–Kier alpha value is -1.65. The Morgan fingerprint density at radius 3 is 2.77 bits per heavy atom. The summed E-state index contributed by atoms with van der Waals surface area (Å²) in [5, 5.41) is 0. The predicted molar refractivity (Wildman–Crippen MR) is 43.8 cm³/mol. The third kappa shape index (κ3) is 1.93. The minimum atomic E-state index is -0.801. The number of primary amides is 1. The van der Waals surface area contributed by atoms with E-state index in [0.717, 1.165) is 6.39 Å². The van der Waals surface area contributed by atoms with Gasteiger partial charge in [-0.15, -0.1) is 0 Å². The van der Waals surface area contributed by atoms with Crippen LogP contribution in [-0.2, 0) is 4.79 Å². The lowest BCUT2D eigenvalue weighted by Gasteiger charge is -2.05. The third-order valence-corrected chi connectivity index (χ3v) is 1.75. The third-order valence-electron chi connectivity index (χ3n) is 1.75. The molecule has 0 saturated carbocycles. The standard InChI is InChI=1S/C8H10N2O3/c1-2-5(8(9)12)7(11)6-3-13-4-10-6/h3-5H,2H2,1H3,(H2,9,12). The first-order valence-electron chi connectivity index (χ1n) is 3.88. The van der Waals surface area contributed by atoms with Gasteiger partial charge in [0.05, 0.1) is 0 Å². The number of carbonyl (C=O) groups is 2. The largest absolute Gasteiger partial charge is 0.451 e. The molecular weight excluding hydrogens is 172 g/mol. The van der Waals surface area contributed by atoms with E-state index in [9.17, 15) is 9.59 Å². The van der Waals surface area contributed by atoms with Gasteiger partial charge in [-0.05, 0) is 6.42 Å². The Balaban J connectivity index is 2.83. The van der Waals surface area contributed by atoms with E-state index in [1.807, 2.05) is 0 Å². The second-order valence-corrected chi connectivity index (χ2v) is 2.60. The van der Waals surface area contributed by atoms with Gasteiger partial charge in [0.25, 0.3) is 0 Å². The maximum atomic E-state index is 11.5. The summed E-state index contributed by atoms with van der Waals surface area (Å²) in [6.07, 6.45) is 2.72. The molecule has 0 bridgehead atoms. The molecule has 0 aliphatic carbocycles. The van der Waals surface area contributed by atoms with Gasteiger partial charge >= 0.3 is 0 Å². The van der Waals surface area contributed by atoms with Gasteiger partial charge in [0.2, 0.25) is 5.91 Å². The van der Waals surface area contributed by atoms with Crippen LogP contribution in [0, 0.1) is 5.92 Å². The van der Waals surface area contributed by atoms with Gasteiger partial charge in [-0.2, -0.15) is 0 Å². The van der Waals surface area contributed by atoms with E-state index in [1.165, 1.54) is 6.26 Å². The fourth-order valence-corrected chi connectivity index (χ4v) is 1.03. The van der Waals surface area contributed by atoms with Gasteiger partial charge in [-0.1, -0.05) is 6.92 Å². The molecule has 0 radical (unpaired) electrons. The van der Waals surface area contributed by atoms with Gasteiger partial charge in [0.1, 0.15) is 17.9 Å². The molecule has 1 heterocycles. The summed E-state index contributed by atoms with van der Waals surface area (Å²) in [6, 6.07) is 0. The second-order valence-electron chi connectivity index (χ2n) is 2.60. The number of aromatic nitrogens is 1. The van der Waals surface area contributed by atoms with Crippen LogP contribution in [0.3, 0.4) is 0 Å². The number of oxazole rings is 1. The summed E-state index contributed by atoms with van der Waals surface area (Å²) in [5.41, 5.74) is 5.18. The van der Waals surface area contributed by atoms with E-state index in [2.05, 4.69) is 9.40 Å². The molecule has 0 saturated heterocycles. The molecule has 1 unspecified atom stereocenters. The highest BCUT2D eigenvalue weighted by Crippen LogP contribution is 2.09. The lowest BCUT2D eigenvalue weighted by atomic mass is 9.99. The number of Topliss-reactive ketones (excluding diaryl/α,β-unsaturated/α-hetero) is 1. The molecular formula is C8H10N2O3. The van der Waals surface area contributed by atoms with Crippen molar-refractivity contribution >= 4 is 11.7 Å². The molecule has 1 rings (SSSR count). The zero-order valence-electron chi connectivity index (χ0n) is 7.19. The van der Waals surface area contributed by atoms with Crippen molar-refractivity contribution in [3.05, 3.63) is 18.4 Å². The van der Waals surface area contributed by atoms with E-state index in [-0.39, 0.29) is 11.5 Å². The predicted octanol–water partition coefficient (Wildman–Crippen LogP) is 0.369. The van der Waals surface area contributed by atoms with Crippen molar-refractivity contribution in [1.29, 1.82) is 0 Å². The van der Waals surface area contributed by atoms with E-state index in [0.29, 0.717) is 6.42 Å². The summed E-state index contributed by atoms with van der Waals surface area (Å²) < 4.78 is 4.63. The summed E-state index contributed by atoms with van der Waals surface area (Å²) >= 11 is 0. The number of ketones is 1. The van der Waals surface area contributed by atoms with Crippen molar-refractivity contribution in [2.45, 2.75) is 13.3 Å². The van der Waals surface area contributed by atoms with Crippen LogP contribution in [0.2, 0.25) is 0 Å². The molecule has 5 nitrogen and oxygen atoms in total. The zero-order chi connectivity index (χ0) is 9.84. The molecule has 13 heavy (non-hydrogen) atoms. The van der Waals surface area contributed by atoms with Crippen molar-refractivity contribution in [1.82, 2.24) is 4.98 Å². The highest BCUT2D eigenvalue weighted by molar-refractivity contribution is 6.08. The van der Waals surface area contributed by atoms with E-state index < -0.39 is 11.8 Å². The minimum Gasteiger partial charge on any atom is -0.451 e. The Bertz CT molecular complexity index is 305. The average Bonchev–Trinajstić information content (AvgIpc) is 2.56. The van der Waals surface area contributed by atoms with Gasteiger partial charge in [0, 0.05) is 0 Å². The fourth-order valence-electron chi connectivity index (χ4n) is 1.03. The van der Waals surface area contributed by atoms with Crippen LogP contribution in [0.25, 0.3) is 0 Å². The van der Waals surface area contributed by atoms with Gasteiger partial charge in [0.15, 0.2) is 12.2 Å². The molecule has 0 aliphatic rings. The molecule has 5 heteroatoms. The molecule has 1 atom stereocenters. The van der Waals surface area contributed by atoms with E-state index in [4.69, 9.17) is 5.73 Å². The summed E-state index contributed by atoms with van der Waals surface area (Å²) in [5.74, 6) is -1.82. The number of rotatable bonds is 4.